The summed E-state index contributed by atoms with van der Waals surface area (Å²) in [6.07, 6.45) is -0.00770. The number of fused-ring (bicyclic) bond motifs is 1. The van der Waals surface area contributed by atoms with E-state index in [4.69, 9.17) is 16.0 Å². The number of carbonyl (C=O) groups excluding carboxylic acids is 2. The molecule has 7 nitrogen and oxygen atoms in total. The van der Waals surface area contributed by atoms with E-state index in [1.807, 2.05) is 0 Å². The van der Waals surface area contributed by atoms with Gasteiger partial charge in [0.1, 0.15) is 0 Å². The number of carbonyl (C=O) groups is 2. The molecule has 128 valence electrons. The molecule has 0 bridgehead atoms. The quantitative estimate of drug-likeness (QED) is 0.697. The molecule has 0 fully saturated rings. The Morgan fingerprint density at radius 1 is 1.08 bits per heavy atom. The van der Waals surface area contributed by atoms with Crippen LogP contribution in [0.2, 0.25) is 5.02 Å². The van der Waals surface area contributed by atoms with Crippen molar-refractivity contribution in [1.82, 2.24) is 15.4 Å². The van der Waals surface area contributed by atoms with Crippen LogP contribution in [-0.2, 0) is 11.3 Å². The van der Waals surface area contributed by atoms with Crippen LogP contribution in [0.15, 0.2) is 57.7 Å². The van der Waals surface area contributed by atoms with E-state index in [2.05, 4.69) is 10.9 Å². The van der Waals surface area contributed by atoms with Gasteiger partial charge in [-0.3, -0.25) is 25.0 Å². The summed E-state index contributed by atoms with van der Waals surface area (Å²) in [7, 11) is 0. The highest BCUT2D eigenvalue weighted by Crippen LogP contribution is 2.18. The summed E-state index contributed by atoms with van der Waals surface area (Å²) >= 11 is 5.85. The van der Waals surface area contributed by atoms with Gasteiger partial charge in [0.05, 0.1) is 5.52 Å². The van der Waals surface area contributed by atoms with E-state index in [0.29, 0.717) is 21.7 Å². The summed E-state index contributed by atoms with van der Waals surface area (Å²) in [6, 6.07) is 13.3. The average Bonchev–Trinajstić information content (AvgIpc) is 2.92. The summed E-state index contributed by atoms with van der Waals surface area (Å²) in [5, 5.41) is 0.453. The molecule has 0 unspecified atom stereocenters. The first-order valence-corrected chi connectivity index (χ1v) is 7.85. The SMILES string of the molecule is O=C(CCn1c(=O)oc2cc(Cl)ccc21)NNC(=O)c1ccccc1. The molecule has 1 heterocycles. The Morgan fingerprint density at radius 2 is 1.84 bits per heavy atom. The van der Waals surface area contributed by atoms with Crippen molar-refractivity contribution >= 4 is 34.5 Å². The molecule has 1 aromatic heterocycles. The maximum atomic E-state index is 11.9. The lowest BCUT2D eigenvalue weighted by atomic mass is 10.2. The number of hydrogen-bond donors (Lipinski definition) is 2. The first kappa shape index (κ1) is 16.8. The van der Waals surface area contributed by atoms with Gasteiger partial charge in [-0.1, -0.05) is 29.8 Å². The zero-order chi connectivity index (χ0) is 17.8. The minimum absolute atomic E-state index is 0.00770. The summed E-state index contributed by atoms with van der Waals surface area (Å²) in [5.74, 6) is -1.42. The Hall–Kier alpha value is -3.06. The third kappa shape index (κ3) is 3.89. The number of rotatable bonds is 4. The molecule has 3 rings (SSSR count). The van der Waals surface area contributed by atoms with Crippen LogP contribution in [0, 0.1) is 0 Å². The van der Waals surface area contributed by atoms with E-state index >= 15 is 0 Å². The minimum Gasteiger partial charge on any atom is -0.408 e. The maximum absolute atomic E-state index is 11.9. The number of nitrogens with zero attached hydrogens (tertiary/aromatic N) is 1. The highest BCUT2D eigenvalue weighted by Gasteiger charge is 2.12. The fourth-order valence-electron chi connectivity index (χ4n) is 2.32. The number of benzene rings is 2. The first-order valence-electron chi connectivity index (χ1n) is 7.48. The largest absolute Gasteiger partial charge is 0.419 e. The van der Waals surface area contributed by atoms with Crippen molar-refractivity contribution in [3.8, 4) is 0 Å². The number of oxazole rings is 1. The number of aromatic nitrogens is 1. The third-order valence-corrected chi connectivity index (χ3v) is 3.78. The zero-order valence-electron chi connectivity index (χ0n) is 13.0. The Labute approximate surface area is 147 Å². The number of nitrogens with one attached hydrogen (secondary N) is 2. The fourth-order valence-corrected chi connectivity index (χ4v) is 2.48. The monoisotopic (exact) mass is 359 g/mol. The van der Waals surface area contributed by atoms with Crippen molar-refractivity contribution in [1.29, 1.82) is 0 Å². The highest BCUT2D eigenvalue weighted by atomic mass is 35.5. The molecule has 0 aliphatic heterocycles. The van der Waals surface area contributed by atoms with Gasteiger partial charge in [-0.15, -0.1) is 0 Å². The van der Waals surface area contributed by atoms with Gasteiger partial charge in [0.25, 0.3) is 5.91 Å². The fraction of sp³-hybridized carbons (Fsp3) is 0.118. The van der Waals surface area contributed by atoms with Crippen LogP contribution in [0.25, 0.3) is 11.1 Å². The van der Waals surface area contributed by atoms with E-state index < -0.39 is 17.6 Å². The van der Waals surface area contributed by atoms with Gasteiger partial charge in [-0.05, 0) is 24.3 Å². The molecule has 0 spiro atoms. The topological polar surface area (TPSA) is 93.3 Å². The summed E-state index contributed by atoms with van der Waals surface area (Å²) in [4.78, 5) is 35.6. The molecule has 0 saturated heterocycles. The van der Waals surface area contributed by atoms with Crippen LogP contribution < -0.4 is 16.6 Å². The van der Waals surface area contributed by atoms with Gasteiger partial charge < -0.3 is 4.42 Å². The second-order valence-electron chi connectivity index (χ2n) is 5.25. The van der Waals surface area contributed by atoms with Crippen molar-refractivity contribution in [3.05, 3.63) is 69.7 Å². The predicted octanol–water partition coefficient (Wildman–Crippen LogP) is 2.10. The van der Waals surface area contributed by atoms with Gasteiger partial charge in [0.2, 0.25) is 5.91 Å². The summed E-state index contributed by atoms with van der Waals surface area (Å²) in [5.41, 5.74) is 5.97. The summed E-state index contributed by atoms with van der Waals surface area (Å²) < 4.78 is 6.43. The molecule has 8 heteroatoms. The van der Waals surface area contributed by atoms with Gasteiger partial charge in [0, 0.05) is 29.6 Å². The number of amides is 2. The third-order valence-electron chi connectivity index (χ3n) is 3.54. The van der Waals surface area contributed by atoms with Crippen LogP contribution >= 0.6 is 11.6 Å². The molecule has 0 saturated carbocycles. The van der Waals surface area contributed by atoms with Crippen molar-refractivity contribution in [2.45, 2.75) is 13.0 Å². The lowest BCUT2D eigenvalue weighted by molar-refractivity contribution is -0.122. The molecular formula is C17H14ClN3O4. The number of aryl methyl sites for hydroxylation is 1. The minimum atomic E-state index is -0.571. The summed E-state index contributed by atoms with van der Waals surface area (Å²) in [6.45, 7) is 0.112. The Bertz CT molecular complexity index is 978. The van der Waals surface area contributed by atoms with E-state index in [1.54, 1.807) is 42.5 Å². The Balaban J connectivity index is 1.59. The number of hydrogen-bond acceptors (Lipinski definition) is 4. The predicted molar refractivity (Wildman–Crippen MR) is 92.2 cm³/mol. The standard InChI is InChI=1S/C17H14ClN3O4/c18-12-6-7-13-14(10-12)25-17(24)21(13)9-8-15(22)19-20-16(23)11-4-2-1-3-5-11/h1-7,10H,8-9H2,(H,19,22)(H,20,23). The highest BCUT2D eigenvalue weighted by molar-refractivity contribution is 6.31. The second kappa shape index (κ2) is 7.23. The van der Waals surface area contributed by atoms with Crippen LogP contribution in [0.4, 0.5) is 0 Å². The number of halogens is 1. The molecule has 2 N–H and O–H groups in total. The zero-order valence-corrected chi connectivity index (χ0v) is 13.7. The van der Waals surface area contributed by atoms with Crippen molar-refractivity contribution in [2.24, 2.45) is 0 Å². The molecule has 2 amide bonds. The van der Waals surface area contributed by atoms with Crippen molar-refractivity contribution in [3.63, 3.8) is 0 Å². The van der Waals surface area contributed by atoms with Crippen molar-refractivity contribution < 1.29 is 14.0 Å². The molecule has 0 radical (unpaired) electrons. The van der Waals surface area contributed by atoms with Crippen LogP contribution in [0.1, 0.15) is 16.8 Å². The number of hydrazine groups is 1. The molecular weight excluding hydrogens is 346 g/mol. The lowest BCUT2D eigenvalue weighted by Gasteiger charge is -2.07. The van der Waals surface area contributed by atoms with Crippen LogP contribution in [0.3, 0.4) is 0 Å². The first-order chi connectivity index (χ1) is 12.0. The maximum Gasteiger partial charge on any atom is 0.419 e. The second-order valence-corrected chi connectivity index (χ2v) is 5.69. The van der Waals surface area contributed by atoms with Gasteiger partial charge >= 0.3 is 5.76 Å². The van der Waals surface area contributed by atoms with E-state index in [1.165, 1.54) is 10.6 Å². The molecule has 2 aromatic carbocycles. The Kier molecular flexibility index (Phi) is 4.85. The van der Waals surface area contributed by atoms with E-state index in [0.717, 1.165) is 0 Å². The van der Waals surface area contributed by atoms with E-state index in [9.17, 15) is 14.4 Å². The van der Waals surface area contributed by atoms with Crippen molar-refractivity contribution in [2.75, 3.05) is 0 Å². The molecule has 25 heavy (non-hydrogen) atoms. The normalized spacial score (nSPS) is 10.6. The van der Waals surface area contributed by atoms with Gasteiger partial charge in [-0.2, -0.15) is 0 Å². The smallest absolute Gasteiger partial charge is 0.408 e. The lowest BCUT2D eigenvalue weighted by Crippen LogP contribution is -2.42. The van der Waals surface area contributed by atoms with Crippen LogP contribution in [-0.4, -0.2) is 16.4 Å². The van der Waals surface area contributed by atoms with Gasteiger partial charge in [0.15, 0.2) is 5.58 Å². The Morgan fingerprint density at radius 3 is 2.60 bits per heavy atom. The molecule has 3 aromatic rings. The van der Waals surface area contributed by atoms with Gasteiger partial charge in [-0.25, -0.2) is 4.79 Å². The molecule has 0 aliphatic rings. The molecule has 0 aliphatic carbocycles. The average molecular weight is 360 g/mol. The molecule has 0 atom stereocenters. The van der Waals surface area contributed by atoms with Crippen LogP contribution in [0.5, 0.6) is 0 Å². The van der Waals surface area contributed by atoms with E-state index in [-0.39, 0.29) is 13.0 Å².